The number of carbonyl (C=O) groups is 1. The molecule has 1 amide bonds. The van der Waals surface area contributed by atoms with Crippen LogP contribution in [-0.4, -0.2) is 60.6 Å². The van der Waals surface area contributed by atoms with Crippen LogP contribution in [0.2, 0.25) is 0 Å². The summed E-state index contributed by atoms with van der Waals surface area (Å²) in [4.78, 5) is 30.2. The van der Waals surface area contributed by atoms with Gasteiger partial charge in [0.05, 0.1) is 11.9 Å². The highest BCUT2D eigenvalue weighted by Gasteiger charge is 2.28. The molecule has 0 radical (unpaired) electrons. The number of nitrogens with zero attached hydrogens (tertiary/aromatic N) is 5. The van der Waals surface area contributed by atoms with Crippen LogP contribution in [0.25, 0.3) is 0 Å². The van der Waals surface area contributed by atoms with Crippen molar-refractivity contribution in [1.29, 1.82) is 0 Å². The first kappa shape index (κ1) is 19.0. The lowest BCUT2D eigenvalue weighted by molar-refractivity contribution is -0.118. The van der Waals surface area contributed by atoms with Gasteiger partial charge in [-0.2, -0.15) is 4.98 Å². The van der Waals surface area contributed by atoms with Crippen LogP contribution in [0.4, 0.5) is 17.5 Å². The predicted molar refractivity (Wildman–Crippen MR) is 107 cm³/mol. The molecule has 2 aromatic rings. The Hall–Kier alpha value is -2.74. The number of aryl methyl sites for hydroxylation is 2. The van der Waals surface area contributed by atoms with Crippen LogP contribution in [0, 0.1) is 20.8 Å². The third kappa shape index (κ3) is 4.33. The molecule has 0 bridgehead atoms. The Balaban J connectivity index is 1.76. The first-order valence-electron chi connectivity index (χ1n) is 9.09. The van der Waals surface area contributed by atoms with Crippen molar-refractivity contribution in [2.75, 3.05) is 48.8 Å². The van der Waals surface area contributed by atoms with E-state index in [2.05, 4.69) is 25.5 Å². The van der Waals surface area contributed by atoms with Crippen LogP contribution in [0.1, 0.15) is 17.0 Å². The minimum absolute atomic E-state index is 0.0679. The molecule has 3 rings (SSSR count). The second kappa shape index (κ2) is 7.87. The smallest absolute Gasteiger partial charge is 0.243 e. The van der Waals surface area contributed by atoms with Gasteiger partial charge in [-0.25, -0.2) is 4.98 Å². The van der Waals surface area contributed by atoms with E-state index in [0.29, 0.717) is 24.7 Å². The van der Waals surface area contributed by atoms with Gasteiger partial charge in [0.2, 0.25) is 11.9 Å². The zero-order valence-electron chi connectivity index (χ0n) is 16.6. The number of carbonyl (C=O) groups excluding carboxylic acids is 1. The lowest BCUT2D eigenvalue weighted by Gasteiger charge is -2.35. The van der Waals surface area contributed by atoms with Crippen LogP contribution in [0.5, 0.6) is 0 Å². The van der Waals surface area contributed by atoms with Crippen molar-refractivity contribution in [3.05, 3.63) is 35.3 Å². The standard InChI is InChI=1S/C19H27N7O/c1-12-6-7-15(10-21-12)23-18(27)16-11-26(9-8-20-16)17-13(2)14(3)22-19(24-17)25(4)5/h6-7,10,16,20H,8-9,11H2,1-5H3,(H,23,27). The van der Waals surface area contributed by atoms with E-state index in [4.69, 9.17) is 4.98 Å². The number of rotatable bonds is 4. The molecule has 0 spiro atoms. The average molecular weight is 369 g/mol. The maximum absolute atomic E-state index is 12.7. The first-order chi connectivity index (χ1) is 12.8. The van der Waals surface area contributed by atoms with E-state index >= 15 is 0 Å². The van der Waals surface area contributed by atoms with Crippen molar-refractivity contribution in [3.8, 4) is 0 Å². The van der Waals surface area contributed by atoms with Crippen molar-refractivity contribution in [2.45, 2.75) is 26.8 Å². The molecule has 0 aliphatic carbocycles. The quantitative estimate of drug-likeness (QED) is 0.839. The first-order valence-corrected chi connectivity index (χ1v) is 9.09. The molecule has 2 aromatic heterocycles. The third-order valence-electron chi connectivity index (χ3n) is 4.72. The van der Waals surface area contributed by atoms with E-state index < -0.39 is 0 Å². The highest BCUT2D eigenvalue weighted by molar-refractivity contribution is 5.95. The van der Waals surface area contributed by atoms with Crippen LogP contribution < -0.4 is 20.4 Å². The van der Waals surface area contributed by atoms with Crippen molar-refractivity contribution in [2.24, 2.45) is 0 Å². The van der Waals surface area contributed by atoms with Crippen molar-refractivity contribution in [1.82, 2.24) is 20.3 Å². The molecule has 1 aliphatic rings. The van der Waals surface area contributed by atoms with Crippen LogP contribution >= 0.6 is 0 Å². The summed E-state index contributed by atoms with van der Waals surface area (Å²) in [6.07, 6.45) is 1.68. The number of hydrogen-bond acceptors (Lipinski definition) is 7. The molecule has 1 fully saturated rings. The molecule has 2 N–H and O–H groups in total. The second-order valence-electron chi connectivity index (χ2n) is 7.08. The summed E-state index contributed by atoms with van der Waals surface area (Å²) in [6.45, 7) is 7.99. The van der Waals surface area contributed by atoms with Gasteiger partial charge in [-0.05, 0) is 32.9 Å². The molecule has 1 unspecified atom stereocenters. The van der Waals surface area contributed by atoms with Gasteiger partial charge in [0.1, 0.15) is 11.9 Å². The third-order valence-corrected chi connectivity index (χ3v) is 4.72. The predicted octanol–water partition coefficient (Wildman–Crippen LogP) is 1.28. The summed E-state index contributed by atoms with van der Waals surface area (Å²) in [5.41, 5.74) is 3.62. The van der Waals surface area contributed by atoms with Gasteiger partial charge in [0.15, 0.2) is 0 Å². The van der Waals surface area contributed by atoms with Gasteiger partial charge in [0, 0.05) is 50.7 Å². The van der Waals surface area contributed by atoms with Gasteiger partial charge in [-0.3, -0.25) is 9.78 Å². The molecule has 1 saturated heterocycles. The fourth-order valence-corrected chi connectivity index (χ4v) is 3.00. The molecule has 8 nitrogen and oxygen atoms in total. The van der Waals surface area contributed by atoms with Gasteiger partial charge < -0.3 is 20.4 Å². The van der Waals surface area contributed by atoms with Crippen LogP contribution in [0.3, 0.4) is 0 Å². The number of piperazine rings is 1. The maximum atomic E-state index is 12.7. The molecule has 8 heteroatoms. The number of anilines is 3. The van der Waals surface area contributed by atoms with Gasteiger partial charge in [0.25, 0.3) is 0 Å². The second-order valence-corrected chi connectivity index (χ2v) is 7.08. The average Bonchev–Trinajstić information content (AvgIpc) is 2.65. The fourth-order valence-electron chi connectivity index (χ4n) is 3.00. The van der Waals surface area contributed by atoms with E-state index in [1.54, 1.807) is 6.20 Å². The van der Waals surface area contributed by atoms with Crippen LogP contribution in [0.15, 0.2) is 18.3 Å². The van der Waals surface area contributed by atoms with E-state index in [1.165, 1.54) is 0 Å². The number of pyridine rings is 1. The minimum atomic E-state index is -0.322. The number of amides is 1. The van der Waals surface area contributed by atoms with E-state index in [-0.39, 0.29) is 11.9 Å². The topological polar surface area (TPSA) is 86.3 Å². The zero-order chi connectivity index (χ0) is 19.6. The van der Waals surface area contributed by atoms with E-state index in [0.717, 1.165) is 29.3 Å². The highest BCUT2D eigenvalue weighted by atomic mass is 16.2. The molecule has 144 valence electrons. The monoisotopic (exact) mass is 369 g/mol. The zero-order valence-corrected chi connectivity index (χ0v) is 16.6. The molecule has 3 heterocycles. The van der Waals surface area contributed by atoms with Crippen LogP contribution in [-0.2, 0) is 4.79 Å². The van der Waals surface area contributed by atoms with E-state index in [1.807, 2.05) is 51.9 Å². The Labute approximate surface area is 160 Å². The lowest BCUT2D eigenvalue weighted by atomic mass is 10.1. The fraction of sp³-hybridized carbons (Fsp3) is 0.474. The largest absolute Gasteiger partial charge is 0.353 e. The summed E-state index contributed by atoms with van der Waals surface area (Å²) < 4.78 is 0. The number of aromatic nitrogens is 3. The molecule has 0 aromatic carbocycles. The van der Waals surface area contributed by atoms with Crippen molar-refractivity contribution in [3.63, 3.8) is 0 Å². The summed E-state index contributed by atoms with van der Waals surface area (Å²) in [5, 5.41) is 6.23. The molecular formula is C19H27N7O. The normalized spacial score (nSPS) is 16.9. The summed E-state index contributed by atoms with van der Waals surface area (Å²) >= 11 is 0. The summed E-state index contributed by atoms with van der Waals surface area (Å²) in [5.74, 6) is 1.50. The molecule has 1 atom stereocenters. The molecule has 1 aliphatic heterocycles. The maximum Gasteiger partial charge on any atom is 0.243 e. The Morgan fingerprint density at radius 2 is 2.04 bits per heavy atom. The lowest BCUT2D eigenvalue weighted by Crippen LogP contribution is -2.56. The van der Waals surface area contributed by atoms with Crippen molar-refractivity contribution < 1.29 is 4.79 Å². The van der Waals surface area contributed by atoms with Gasteiger partial charge in [-0.1, -0.05) is 0 Å². The Kier molecular flexibility index (Phi) is 5.55. The number of nitrogens with one attached hydrogen (secondary N) is 2. The van der Waals surface area contributed by atoms with E-state index in [9.17, 15) is 4.79 Å². The Bertz CT molecular complexity index is 820. The van der Waals surface area contributed by atoms with Gasteiger partial charge >= 0.3 is 0 Å². The molecule has 0 saturated carbocycles. The Morgan fingerprint density at radius 3 is 2.70 bits per heavy atom. The highest BCUT2D eigenvalue weighted by Crippen LogP contribution is 2.23. The Morgan fingerprint density at radius 1 is 1.26 bits per heavy atom. The molecule has 27 heavy (non-hydrogen) atoms. The summed E-state index contributed by atoms with van der Waals surface area (Å²) in [6, 6.07) is 3.42. The summed E-state index contributed by atoms with van der Waals surface area (Å²) in [7, 11) is 3.86. The molecular weight excluding hydrogens is 342 g/mol. The minimum Gasteiger partial charge on any atom is -0.353 e. The number of hydrogen-bond donors (Lipinski definition) is 2. The van der Waals surface area contributed by atoms with Crippen molar-refractivity contribution >= 4 is 23.4 Å². The SMILES string of the molecule is Cc1ccc(NC(=O)C2CN(c3nc(N(C)C)nc(C)c3C)CCN2)cn1. The van der Waals surface area contributed by atoms with Gasteiger partial charge in [-0.15, -0.1) is 0 Å².